The molecule has 7 nitrogen and oxygen atoms in total. The van der Waals surface area contributed by atoms with E-state index >= 15 is 0 Å². The zero-order chi connectivity index (χ0) is 27.2. The van der Waals surface area contributed by atoms with E-state index in [4.69, 9.17) is 9.47 Å². The van der Waals surface area contributed by atoms with Gasteiger partial charge in [-0.2, -0.15) is 0 Å². The molecule has 3 aliphatic rings. The first-order chi connectivity index (χ1) is 17.4. The lowest BCUT2D eigenvalue weighted by atomic mass is 9.44. The number of ketones is 1. The normalized spacial score (nSPS) is 39.2. The van der Waals surface area contributed by atoms with Gasteiger partial charge in [0.1, 0.15) is 11.9 Å². The van der Waals surface area contributed by atoms with E-state index in [0.29, 0.717) is 23.3 Å². The van der Waals surface area contributed by atoms with Crippen LogP contribution in [-0.2, 0) is 19.1 Å². The standard InChI is InChI=1S/C29H39NO6S/c1-7-27(4)13-22(36-23(32)16-37-20-12-19(14-30-15-20)26(34)35-6)28(5)17(2)8-10-29(18(3)25(27)33)11-9-21(31)24(28)29/h7,12,14-15,17-18,22,24-25,33H,1,8-11,13,16H2,2-6H3/t17-,18+,22-,24?,25+,27-,28+,29+/m1/s1. The van der Waals surface area contributed by atoms with Crippen LogP contribution in [0, 0.1) is 34.0 Å². The van der Waals surface area contributed by atoms with Crippen molar-refractivity contribution >= 4 is 29.5 Å². The van der Waals surface area contributed by atoms with E-state index < -0.39 is 35.0 Å². The molecule has 3 fully saturated rings. The number of thioether (sulfide) groups is 1. The highest BCUT2D eigenvalue weighted by Gasteiger charge is 2.68. The fraction of sp³-hybridized carbons (Fsp3) is 0.655. The largest absolute Gasteiger partial charge is 0.465 e. The molecule has 3 saturated carbocycles. The van der Waals surface area contributed by atoms with Gasteiger partial charge in [-0.05, 0) is 49.0 Å². The highest BCUT2D eigenvalue weighted by molar-refractivity contribution is 8.00. The number of aliphatic hydroxyl groups is 1. The van der Waals surface area contributed by atoms with Gasteiger partial charge in [0, 0.05) is 40.5 Å². The fourth-order valence-corrected chi connectivity index (χ4v) is 8.26. The molecular formula is C29H39NO6S. The molecule has 1 unspecified atom stereocenters. The van der Waals surface area contributed by atoms with Gasteiger partial charge in [-0.15, -0.1) is 18.3 Å². The third-order valence-electron chi connectivity index (χ3n) is 10.1. The number of carbonyl (C=O) groups is 3. The second-order valence-corrected chi connectivity index (χ2v) is 12.8. The molecule has 3 aliphatic carbocycles. The minimum Gasteiger partial charge on any atom is -0.465 e. The molecule has 0 saturated heterocycles. The van der Waals surface area contributed by atoms with Gasteiger partial charge in [-0.1, -0.05) is 33.8 Å². The van der Waals surface area contributed by atoms with Crippen molar-refractivity contribution in [3.8, 4) is 0 Å². The van der Waals surface area contributed by atoms with Crippen molar-refractivity contribution < 1.29 is 29.0 Å². The lowest BCUT2D eigenvalue weighted by Crippen LogP contribution is -2.63. The van der Waals surface area contributed by atoms with Crippen LogP contribution in [0.25, 0.3) is 0 Å². The Morgan fingerprint density at radius 2 is 2.00 bits per heavy atom. The molecule has 0 aliphatic heterocycles. The number of esters is 2. The van der Waals surface area contributed by atoms with Crippen LogP contribution in [0.5, 0.6) is 0 Å². The molecular weight excluding hydrogens is 490 g/mol. The van der Waals surface area contributed by atoms with Crippen LogP contribution in [0.4, 0.5) is 0 Å². The molecule has 202 valence electrons. The fourth-order valence-electron chi connectivity index (χ4n) is 7.56. The van der Waals surface area contributed by atoms with Crippen LogP contribution >= 0.6 is 11.8 Å². The molecule has 1 N–H and O–H groups in total. The number of nitrogens with zero attached hydrogens (tertiary/aromatic N) is 1. The quantitative estimate of drug-likeness (QED) is 0.316. The maximum Gasteiger partial charge on any atom is 0.339 e. The minimum atomic E-state index is -0.695. The Morgan fingerprint density at radius 3 is 2.68 bits per heavy atom. The number of hydrogen-bond acceptors (Lipinski definition) is 8. The third kappa shape index (κ3) is 4.54. The van der Waals surface area contributed by atoms with Gasteiger partial charge in [0.25, 0.3) is 0 Å². The number of methoxy groups -OCH3 is 1. The summed E-state index contributed by atoms with van der Waals surface area (Å²) in [5.41, 5.74) is -1.21. The second-order valence-electron chi connectivity index (χ2n) is 11.8. The van der Waals surface area contributed by atoms with Crippen LogP contribution in [-0.4, -0.2) is 52.9 Å². The van der Waals surface area contributed by atoms with Crippen molar-refractivity contribution in [2.24, 2.45) is 34.0 Å². The summed E-state index contributed by atoms with van der Waals surface area (Å²) in [7, 11) is 1.31. The molecule has 0 aromatic carbocycles. The topological polar surface area (TPSA) is 103 Å². The molecule has 37 heavy (non-hydrogen) atoms. The van der Waals surface area contributed by atoms with E-state index in [1.54, 1.807) is 18.3 Å². The summed E-state index contributed by atoms with van der Waals surface area (Å²) in [6.07, 6.45) is 7.06. The number of hydrogen-bond donors (Lipinski definition) is 1. The zero-order valence-electron chi connectivity index (χ0n) is 22.5. The minimum absolute atomic E-state index is 0.0286. The maximum absolute atomic E-state index is 13.5. The van der Waals surface area contributed by atoms with Crippen molar-refractivity contribution in [2.45, 2.75) is 76.9 Å². The molecule has 8 atom stereocenters. The molecule has 0 spiro atoms. The average molecular weight is 530 g/mol. The van der Waals surface area contributed by atoms with Gasteiger partial charge in [0.15, 0.2) is 0 Å². The predicted octanol–water partition coefficient (Wildman–Crippen LogP) is 4.87. The number of ether oxygens (including phenoxy) is 2. The average Bonchev–Trinajstić information content (AvgIpc) is 3.25. The SMILES string of the molecule is C=C[C@]1(C)C[C@@H](OC(=O)CSc2cncc(C(=O)OC)c2)[C@@]2(C)C3C(=O)CC[C@@]3(CC[C@H]2C)[C@@H](C)[C@@H]1O. The molecule has 4 rings (SSSR count). The lowest BCUT2D eigenvalue weighted by molar-refractivity contribution is -0.205. The van der Waals surface area contributed by atoms with E-state index in [1.165, 1.54) is 25.1 Å². The highest BCUT2D eigenvalue weighted by Crippen LogP contribution is 2.68. The van der Waals surface area contributed by atoms with E-state index in [1.807, 2.05) is 6.92 Å². The van der Waals surface area contributed by atoms with Crippen molar-refractivity contribution in [3.05, 3.63) is 36.7 Å². The number of aliphatic hydroxyl groups excluding tert-OH is 1. The summed E-state index contributed by atoms with van der Waals surface area (Å²) in [6.45, 7) is 12.4. The number of aromatic nitrogens is 1. The summed E-state index contributed by atoms with van der Waals surface area (Å²) in [5, 5.41) is 11.6. The summed E-state index contributed by atoms with van der Waals surface area (Å²) < 4.78 is 11.0. The van der Waals surface area contributed by atoms with E-state index in [9.17, 15) is 19.5 Å². The zero-order valence-corrected chi connectivity index (χ0v) is 23.3. The molecule has 1 aromatic heterocycles. The molecule has 1 aromatic rings. The lowest BCUT2D eigenvalue weighted by Gasteiger charge is -2.61. The van der Waals surface area contributed by atoms with Gasteiger partial charge in [0.05, 0.1) is 24.5 Å². The Balaban J connectivity index is 1.64. The first-order valence-corrected chi connectivity index (χ1v) is 14.1. The Morgan fingerprint density at radius 1 is 1.27 bits per heavy atom. The molecule has 0 radical (unpaired) electrons. The monoisotopic (exact) mass is 529 g/mol. The van der Waals surface area contributed by atoms with Crippen LogP contribution in [0.15, 0.2) is 36.0 Å². The highest BCUT2D eigenvalue weighted by atomic mass is 32.2. The molecule has 0 amide bonds. The number of carbonyl (C=O) groups excluding carboxylic acids is 3. The summed E-state index contributed by atoms with van der Waals surface area (Å²) >= 11 is 1.24. The van der Waals surface area contributed by atoms with Crippen LogP contribution in [0.3, 0.4) is 0 Å². The van der Waals surface area contributed by atoms with Crippen molar-refractivity contribution in [2.75, 3.05) is 12.9 Å². The first kappa shape index (κ1) is 27.8. The molecule has 1 heterocycles. The van der Waals surface area contributed by atoms with Crippen LogP contribution < -0.4 is 0 Å². The Labute approximate surface area is 223 Å². The number of pyridine rings is 1. The summed E-state index contributed by atoms with van der Waals surface area (Å²) in [6, 6.07) is 1.63. The number of Topliss-reactive ketones (excluding diaryl/α,β-unsaturated/α-hetero) is 1. The van der Waals surface area contributed by atoms with Gasteiger partial charge in [0.2, 0.25) is 0 Å². The number of rotatable bonds is 6. The van der Waals surface area contributed by atoms with Crippen LogP contribution in [0.1, 0.15) is 70.2 Å². The van der Waals surface area contributed by atoms with Crippen LogP contribution in [0.2, 0.25) is 0 Å². The van der Waals surface area contributed by atoms with E-state index in [-0.39, 0.29) is 34.7 Å². The van der Waals surface area contributed by atoms with Gasteiger partial charge in [-0.3, -0.25) is 14.6 Å². The molecule has 2 bridgehead atoms. The summed E-state index contributed by atoms with van der Waals surface area (Å²) in [4.78, 5) is 43.3. The van der Waals surface area contributed by atoms with E-state index in [2.05, 4.69) is 32.3 Å². The van der Waals surface area contributed by atoms with Gasteiger partial charge in [-0.25, -0.2) is 4.79 Å². The van der Waals surface area contributed by atoms with Gasteiger partial charge >= 0.3 is 11.9 Å². The third-order valence-corrected chi connectivity index (χ3v) is 11.0. The Bertz CT molecular complexity index is 1090. The smallest absolute Gasteiger partial charge is 0.339 e. The predicted molar refractivity (Wildman–Crippen MR) is 141 cm³/mol. The Hall–Kier alpha value is -2.19. The second kappa shape index (κ2) is 10.2. The Kier molecular flexibility index (Phi) is 7.65. The van der Waals surface area contributed by atoms with Crippen molar-refractivity contribution in [1.82, 2.24) is 4.98 Å². The van der Waals surface area contributed by atoms with Crippen molar-refractivity contribution in [1.29, 1.82) is 0 Å². The maximum atomic E-state index is 13.5. The van der Waals surface area contributed by atoms with Gasteiger partial charge < -0.3 is 14.6 Å². The molecule has 8 heteroatoms. The van der Waals surface area contributed by atoms with E-state index in [0.717, 1.165) is 19.3 Å². The summed E-state index contributed by atoms with van der Waals surface area (Å²) in [5.74, 6) is -0.780. The van der Waals surface area contributed by atoms with Crippen molar-refractivity contribution in [3.63, 3.8) is 0 Å². The first-order valence-electron chi connectivity index (χ1n) is 13.1.